The van der Waals surface area contributed by atoms with E-state index < -0.39 is 0 Å². The van der Waals surface area contributed by atoms with Gasteiger partial charge in [-0.1, -0.05) is 11.6 Å². The summed E-state index contributed by atoms with van der Waals surface area (Å²) in [5.74, 6) is 0. The Balaban J connectivity index is 3.17. The van der Waals surface area contributed by atoms with Crippen molar-refractivity contribution in [3.63, 3.8) is 0 Å². The molecule has 0 aliphatic heterocycles. The van der Waals surface area contributed by atoms with Gasteiger partial charge in [-0.3, -0.25) is 0 Å². The van der Waals surface area contributed by atoms with Crippen LogP contribution in [0.3, 0.4) is 0 Å². The monoisotopic (exact) mass is 269 g/mol. The number of hydrogen-bond acceptors (Lipinski definition) is 1. The van der Waals surface area contributed by atoms with E-state index in [1.807, 2.05) is 6.07 Å². The minimum atomic E-state index is 0.484. The van der Waals surface area contributed by atoms with Crippen LogP contribution in [0.4, 0.5) is 0 Å². The lowest BCUT2D eigenvalue weighted by molar-refractivity contribution is 1.29. The maximum atomic E-state index is 5.60. The zero-order valence-corrected chi connectivity index (χ0v) is 8.16. The number of halogens is 3. The third kappa shape index (κ3) is 1.92. The lowest BCUT2D eigenvalue weighted by atomic mass is 10.5. The Morgan fingerprint density at radius 2 is 2.11 bits per heavy atom. The SMILES string of the molecule is Clc1ncc(Br)cc1Br. The zero-order chi connectivity index (χ0) is 6.85. The molecule has 0 saturated carbocycles. The predicted octanol–water partition coefficient (Wildman–Crippen LogP) is 3.26. The van der Waals surface area contributed by atoms with Gasteiger partial charge >= 0.3 is 0 Å². The fraction of sp³-hybridized carbons (Fsp3) is 0. The first-order valence-electron chi connectivity index (χ1n) is 2.16. The van der Waals surface area contributed by atoms with Gasteiger partial charge in [-0.15, -0.1) is 0 Å². The van der Waals surface area contributed by atoms with Crippen LogP contribution >= 0.6 is 43.5 Å². The van der Waals surface area contributed by atoms with E-state index in [-0.39, 0.29) is 0 Å². The molecule has 0 aromatic carbocycles. The van der Waals surface area contributed by atoms with Crippen LogP contribution in [0.1, 0.15) is 0 Å². The highest BCUT2D eigenvalue weighted by Gasteiger charge is 1.95. The van der Waals surface area contributed by atoms with E-state index in [4.69, 9.17) is 11.6 Å². The van der Waals surface area contributed by atoms with E-state index in [1.165, 1.54) is 0 Å². The number of rotatable bonds is 0. The van der Waals surface area contributed by atoms with Crippen molar-refractivity contribution in [2.24, 2.45) is 0 Å². The normalized spacial score (nSPS) is 9.67. The third-order valence-corrected chi connectivity index (χ3v) is 2.33. The maximum Gasteiger partial charge on any atom is 0.143 e. The van der Waals surface area contributed by atoms with Crippen molar-refractivity contribution in [3.05, 3.63) is 26.4 Å². The Bertz CT molecular complexity index is 226. The molecule has 1 aromatic heterocycles. The van der Waals surface area contributed by atoms with Gasteiger partial charge in [0.1, 0.15) is 5.15 Å². The topological polar surface area (TPSA) is 12.9 Å². The standard InChI is InChI=1S/C5H2Br2ClN/c6-3-1-4(7)5(8)9-2-3/h1-2H. The van der Waals surface area contributed by atoms with Crippen molar-refractivity contribution in [1.82, 2.24) is 4.98 Å². The molecule has 1 heterocycles. The van der Waals surface area contributed by atoms with Gasteiger partial charge in [0.15, 0.2) is 0 Å². The molecule has 4 heteroatoms. The van der Waals surface area contributed by atoms with Crippen molar-refractivity contribution < 1.29 is 0 Å². The quantitative estimate of drug-likeness (QED) is 0.660. The van der Waals surface area contributed by atoms with Crippen LogP contribution in [-0.2, 0) is 0 Å². The number of pyridine rings is 1. The number of hydrogen-bond donors (Lipinski definition) is 0. The van der Waals surface area contributed by atoms with Crippen LogP contribution in [0.15, 0.2) is 21.2 Å². The summed E-state index contributed by atoms with van der Waals surface area (Å²) in [4.78, 5) is 3.85. The molecule has 0 unspecified atom stereocenters. The van der Waals surface area contributed by atoms with Crippen LogP contribution in [0, 0.1) is 0 Å². The van der Waals surface area contributed by atoms with Crippen LogP contribution in [0.2, 0.25) is 5.15 Å². The van der Waals surface area contributed by atoms with E-state index in [1.54, 1.807) is 6.20 Å². The average molecular weight is 271 g/mol. The van der Waals surface area contributed by atoms with Crippen molar-refractivity contribution in [1.29, 1.82) is 0 Å². The largest absolute Gasteiger partial charge is 0.242 e. The minimum absolute atomic E-state index is 0.484. The molecule has 48 valence electrons. The van der Waals surface area contributed by atoms with Crippen LogP contribution in [0.5, 0.6) is 0 Å². The first kappa shape index (κ1) is 7.51. The molecule has 0 bridgehead atoms. The van der Waals surface area contributed by atoms with E-state index >= 15 is 0 Å². The van der Waals surface area contributed by atoms with Crippen molar-refractivity contribution >= 4 is 43.5 Å². The van der Waals surface area contributed by atoms with Gasteiger partial charge < -0.3 is 0 Å². The zero-order valence-electron chi connectivity index (χ0n) is 4.24. The molecule has 0 aliphatic carbocycles. The van der Waals surface area contributed by atoms with Crippen molar-refractivity contribution in [2.75, 3.05) is 0 Å². The Labute approximate surface area is 74.7 Å². The van der Waals surface area contributed by atoms with Gasteiger partial charge in [-0.25, -0.2) is 4.98 Å². The maximum absolute atomic E-state index is 5.60. The summed E-state index contributed by atoms with van der Waals surface area (Å²) in [7, 11) is 0. The molecule has 1 nitrogen and oxygen atoms in total. The predicted molar refractivity (Wildman–Crippen MR) is 44.6 cm³/mol. The molecule has 1 aromatic rings. The Morgan fingerprint density at radius 3 is 2.56 bits per heavy atom. The average Bonchev–Trinajstić information content (AvgIpc) is 1.80. The second-order valence-corrected chi connectivity index (χ2v) is 3.55. The molecule has 0 fully saturated rings. The highest BCUT2D eigenvalue weighted by atomic mass is 79.9. The molecule has 9 heavy (non-hydrogen) atoms. The Hall–Kier alpha value is 0.400. The molecule has 0 spiro atoms. The van der Waals surface area contributed by atoms with Gasteiger partial charge in [0.05, 0.1) is 4.47 Å². The number of aromatic nitrogens is 1. The fourth-order valence-electron chi connectivity index (χ4n) is 0.398. The lowest BCUT2D eigenvalue weighted by Gasteiger charge is -1.92. The molecule has 0 N–H and O–H groups in total. The molecule has 0 saturated heterocycles. The van der Waals surface area contributed by atoms with Gasteiger partial charge in [0.2, 0.25) is 0 Å². The molecule has 0 aliphatic rings. The molecule has 0 amide bonds. The summed E-state index contributed by atoms with van der Waals surface area (Å²) in [6.45, 7) is 0. The fourth-order valence-corrected chi connectivity index (χ4v) is 1.49. The smallest absolute Gasteiger partial charge is 0.143 e. The van der Waals surface area contributed by atoms with E-state index in [0.717, 1.165) is 8.95 Å². The summed E-state index contributed by atoms with van der Waals surface area (Å²) >= 11 is 12.1. The van der Waals surface area contributed by atoms with Crippen LogP contribution < -0.4 is 0 Å². The second-order valence-electron chi connectivity index (χ2n) is 1.43. The Kier molecular flexibility index (Phi) is 2.50. The van der Waals surface area contributed by atoms with Gasteiger partial charge in [-0.2, -0.15) is 0 Å². The molecule has 0 atom stereocenters. The van der Waals surface area contributed by atoms with Gasteiger partial charge in [0, 0.05) is 10.7 Å². The van der Waals surface area contributed by atoms with Gasteiger partial charge in [0.25, 0.3) is 0 Å². The van der Waals surface area contributed by atoms with Crippen LogP contribution in [-0.4, -0.2) is 4.98 Å². The van der Waals surface area contributed by atoms with Gasteiger partial charge in [-0.05, 0) is 37.9 Å². The minimum Gasteiger partial charge on any atom is -0.242 e. The summed E-state index contributed by atoms with van der Waals surface area (Å²) in [6, 6.07) is 1.84. The lowest BCUT2D eigenvalue weighted by Crippen LogP contribution is -1.74. The first-order chi connectivity index (χ1) is 4.20. The van der Waals surface area contributed by atoms with Crippen molar-refractivity contribution in [3.8, 4) is 0 Å². The van der Waals surface area contributed by atoms with E-state index in [0.29, 0.717) is 5.15 Å². The second kappa shape index (κ2) is 2.99. The van der Waals surface area contributed by atoms with E-state index in [9.17, 15) is 0 Å². The first-order valence-corrected chi connectivity index (χ1v) is 4.13. The summed E-state index contributed by atoms with van der Waals surface area (Å²) in [5.41, 5.74) is 0. The summed E-state index contributed by atoms with van der Waals surface area (Å²) in [6.07, 6.45) is 1.65. The van der Waals surface area contributed by atoms with E-state index in [2.05, 4.69) is 36.8 Å². The number of nitrogens with zero attached hydrogens (tertiary/aromatic N) is 1. The van der Waals surface area contributed by atoms with Crippen LogP contribution in [0.25, 0.3) is 0 Å². The third-order valence-electron chi connectivity index (χ3n) is 0.763. The highest BCUT2D eigenvalue weighted by Crippen LogP contribution is 2.22. The molecular weight excluding hydrogens is 269 g/mol. The molecular formula is C5H2Br2ClN. The molecule has 1 rings (SSSR count). The highest BCUT2D eigenvalue weighted by molar-refractivity contribution is 9.11. The summed E-state index contributed by atoms with van der Waals surface area (Å²) in [5, 5.41) is 0.484. The van der Waals surface area contributed by atoms with Crippen molar-refractivity contribution in [2.45, 2.75) is 0 Å². The summed E-state index contributed by atoms with van der Waals surface area (Å²) < 4.78 is 1.72. The Morgan fingerprint density at radius 1 is 1.44 bits per heavy atom. The molecule has 0 radical (unpaired) electrons.